The fraction of sp³-hybridized carbons (Fsp3) is 0.500. The van der Waals surface area contributed by atoms with E-state index >= 15 is 0 Å². The molecule has 1 atom stereocenters. The second-order valence-corrected chi connectivity index (χ2v) is 5.03. The molecule has 0 spiro atoms. The first kappa shape index (κ1) is 15.2. The van der Waals surface area contributed by atoms with E-state index in [1.165, 1.54) is 6.07 Å². The zero-order valence-electron chi connectivity index (χ0n) is 11.8. The number of rotatable bonds is 5. The Balaban J connectivity index is 2.13. The molecule has 1 unspecified atom stereocenters. The SMILES string of the molecule is CCN(CC1CCOC1)C(=O)c1ccc([N+](=O)[O-])c(O)c1. The standard InChI is InChI=1S/C14H18N2O5/c1-2-15(8-10-5-6-21-9-10)14(18)11-3-4-12(16(19)20)13(17)7-11/h3-4,7,10,17H,2,5-6,8-9H2,1H3. The lowest BCUT2D eigenvalue weighted by Gasteiger charge is -2.23. The summed E-state index contributed by atoms with van der Waals surface area (Å²) in [6.07, 6.45) is 0.926. The van der Waals surface area contributed by atoms with Gasteiger partial charge in [-0.1, -0.05) is 0 Å². The van der Waals surface area contributed by atoms with Gasteiger partial charge in [-0.3, -0.25) is 14.9 Å². The van der Waals surface area contributed by atoms with Gasteiger partial charge in [-0.05, 0) is 25.5 Å². The number of benzene rings is 1. The van der Waals surface area contributed by atoms with Crippen LogP contribution in [-0.2, 0) is 4.74 Å². The Labute approximate surface area is 122 Å². The third kappa shape index (κ3) is 3.49. The molecule has 1 aromatic rings. The lowest BCUT2D eigenvalue weighted by Crippen LogP contribution is -2.35. The second kappa shape index (κ2) is 6.53. The fourth-order valence-electron chi connectivity index (χ4n) is 2.39. The summed E-state index contributed by atoms with van der Waals surface area (Å²) in [6, 6.07) is 3.66. The Hall–Kier alpha value is -2.15. The van der Waals surface area contributed by atoms with Crippen LogP contribution in [-0.4, -0.2) is 47.1 Å². The average molecular weight is 294 g/mol. The minimum absolute atomic E-state index is 0.241. The Morgan fingerprint density at radius 2 is 2.33 bits per heavy atom. The van der Waals surface area contributed by atoms with E-state index < -0.39 is 16.4 Å². The molecule has 2 rings (SSSR count). The van der Waals surface area contributed by atoms with E-state index in [4.69, 9.17) is 4.74 Å². The minimum Gasteiger partial charge on any atom is -0.502 e. The molecule has 21 heavy (non-hydrogen) atoms. The summed E-state index contributed by atoms with van der Waals surface area (Å²) < 4.78 is 5.30. The number of nitro benzene ring substituents is 1. The van der Waals surface area contributed by atoms with Gasteiger partial charge in [-0.2, -0.15) is 0 Å². The summed E-state index contributed by atoms with van der Waals surface area (Å²) in [5, 5.41) is 20.3. The van der Waals surface area contributed by atoms with Crippen molar-refractivity contribution in [3.8, 4) is 5.75 Å². The van der Waals surface area contributed by atoms with Crippen molar-refractivity contribution in [2.75, 3.05) is 26.3 Å². The highest BCUT2D eigenvalue weighted by Crippen LogP contribution is 2.27. The molecule has 1 aliphatic rings. The molecule has 0 bridgehead atoms. The first-order chi connectivity index (χ1) is 10.0. The van der Waals surface area contributed by atoms with E-state index in [0.717, 1.165) is 18.6 Å². The molecule has 0 aliphatic carbocycles. The maximum Gasteiger partial charge on any atom is 0.310 e. The molecule has 0 saturated carbocycles. The van der Waals surface area contributed by atoms with E-state index in [-0.39, 0.29) is 11.5 Å². The summed E-state index contributed by atoms with van der Waals surface area (Å²) >= 11 is 0. The van der Waals surface area contributed by atoms with Gasteiger partial charge in [0.2, 0.25) is 0 Å². The predicted octanol–water partition coefficient (Wildman–Crippen LogP) is 1.80. The van der Waals surface area contributed by atoms with Crippen molar-refractivity contribution >= 4 is 11.6 Å². The molecule has 1 saturated heterocycles. The van der Waals surface area contributed by atoms with E-state index in [1.807, 2.05) is 6.92 Å². The van der Waals surface area contributed by atoms with Gasteiger partial charge >= 0.3 is 5.69 Å². The van der Waals surface area contributed by atoms with Crippen molar-refractivity contribution in [1.82, 2.24) is 4.90 Å². The summed E-state index contributed by atoms with van der Waals surface area (Å²) in [6.45, 7) is 4.36. The van der Waals surface area contributed by atoms with Gasteiger partial charge in [-0.15, -0.1) is 0 Å². The smallest absolute Gasteiger partial charge is 0.310 e. The maximum absolute atomic E-state index is 12.4. The van der Waals surface area contributed by atoms with Gasteiger partial charge in [-0.25, -0.2) is 0 Å². The Kier molecular flexibility index (Phi) is 4.74. The topological polar surface area (TPSA) is 92.9 Å². The third-order valence-corrected chi connectivity index (χ3v) is 3.59. The van der Waals surface area contributed by atoms with Crippen LogP contribution >= 0.6 is 0 Å². The number of phenolic OH excluding ortho intramolecular Hbond substituents is 1. The molecule has 7 heteroatoms. The second-order valence-electron chi connectivity index (χ2n) is 5.03. The van der Waals surface area contributed by atoms with Gasteiger partial charge in [0.1, 0.15) is 0 Å². The van der Waals surface area contributed by atoms with E-state index in [1.54, 1.807) is 4.90 Å². The van der Waals surface area contributed by atoms with Gasteiger partial charge < -0.3 is 14.7 Å². The number of hydrogen-bond acceptors (Lipinski definition) is 5. The monoisotopic (exact) mass is 294 g/mol. The first-order valence-corrected chi connectivity index (χ1v) is 6.87. The highest BCUT2D eigenvalue weighted by Gasteiger charge is 2.23. The van der Waals surface area contributed by atoms with E-state index in [2.05, 4.69) is 0 Å². The van der Waals surface area contributed by atoms with Gasteiger partial charge in [0.05, 0.1) is 11.5 Å². The number of amides is 1. The minimum atomic E-state index is -0.683. The highest BCUT2D eigenvalue weighted by atomic mass is 16.6. The van der Waals surface area contributed by atoms with Crippen LogP contribution in [0.1, 0.15) is 23.7 Å². The van der Waals surface area contributed by atoms with Crippen molar-refractivity contribution in [3.63, 3.8) is 0 Å². The molecule has 1 heterocycles. The Bertz CT molecular complexity index is 540. The van der Waals surface area contributed by atoms with Crippen molar-refractivity contribution in [1.29, 1.82) is 0 Å². The van der Waals surface area contributed by atoms with Gasteiger partial charge in [0, 0.05) is 37.2 Å². The molecule has 1 N–H and O–H groups in total. The number of aromatic hydroxyl groups is 1. The van der Waals surface area contributed by atoms with Crippen molar-refractivity contribution < 1.29 is 19.6 Å². The number of nitro groups is 1. The van der Waals surface area contributed by atoms with Crippen LogP contribution in [0.2, 0.25) is 0 Å². The van der Waals surface area contributed by atoms with Crippen LogP contribution in [0.25, 0.3) is 0 Å². The molecule has 0 radical (unpaired) electrons. The predicted molar refractivity (Wildman–Crippen MR) is 75.3 cm³/mol. The van der Waals surface area contributed by atoms with Crippen LogP contribution in [0.3, 0.4) is 0 Å². The summed E-state index contributed by atoms with van der Waals surface area (Å²) in [7, 11) is 0. The number of phenols is 1. The maximum atomic E-state index is 12.4. The zero-order valence-corrected chi connectivity index (χ0v) is 11.8. The lowest BCUT2D eigenvalue weighted by molar-refractivity contribution is -0.385. The van der Waals surface area contributed by atoms with Crippen molar-refractivity contribution in [2.45, 2.75) is 13.3 Å². The van der Waals surface area contributed by atoms with Gasteiger partial charge in [0.15, 0.2) is 5.75 Å². The van der Waals surface area contributed by atoms with Crippen molar-refractivity contribution in [3.05, 3.63) is 33.9 Å². The molecule has 1 aromatic carbocycles. The number of nitrogens with zero attached hydrogens (tertiary/aromatic N) is 2. The van der Waals surface area contributed by atoms with E-state index in [9.17, 15) is 20.0 Å². The van der Waals surface area contributed by atoms with Crippen molar-refractivity contribution in [2.24, 2.45) is 5.92 Å². The highest BCUT2D eigenvalue weighted by molar-refractivity contribution is 5.95. The number of carbonyl (C=O) groups excluding carboxylic acids is 1. The summed E-state index contributed by atoms with van der Waals surface area (Å²) in [5.41, 5.74) is -0.155. The molecule has 7 nitrogen and oxygen atoms in total. The van der Waals surface area contributed by atoms with E-state index in [0.29, 0.717) is 32.2 Å². The van der Waals surface area contributed by atoms with Crippen LogP contribution < -0.4 is 0 Å². The van der Waals surface area contributed by atoms with Crippen LogP contribution in [0.4, 0.5) is 5.69 Å². The normalized spacial score (nSPS) is 17.7. The van der Waals surface area contributed by atoms with Crippen LogP contribution in [0, 0.1) is 16.0 Å². The Morgan fingerprint density at radius 1 is 1.57 bits per heavy atom. The van der Waals surface area contributed by atoms with Crippen LogP contribution in [0.5, 0.6) is 5.75 Å². The molecular formula is C14H18N2O5. The largest absolute Gasteiger partial charge is 0.502 e. The molecule has 1 aliphatic heterocycles. The fourth-order valence-corrected chi connectivity index (χ4v) is 2.39. The Morgan fingerprint density at radius 3 is 2.86 bits per heavy atom. The number of hydrogen-bond donors (Lipinski definition) is 1. The third-order valence-electron chi connectivity index (χ3n) is 3.59. The molecular weight excluding hydrogens is 276 g/mol. The lowest BCUT2D eigenvalue weighted by atomic mass is 10.1. The summed E-state index contributed by atoms with van der Waals surface area (Å²) in [4.78, 5) is 24.0. The van der Waals surface area contributed by atoms with Crippen LogP contribution in [0.15, 0.2) is 18.2 Å². The average Bonchev–Trinajstić information content (AvgIpc) is 2.96. The number of ether oxygens (including phenoxy) is 1. The molecule has 0 aromatic heterocycles. The first-order valence-electron chi connectivity index (χ1n) is 6.87. The number of carbonyl (C=O) groups is 1. The zero-order chi connectivity index (χ0) is 15.4. The molecule has 1 amide bonds. The molecule has 1 fully saturated rings. The summed E-state index contributed by atoms with van der Waals surface area (Å²) in [5.74, 6) is -0.416. The molecule has 114 valence electrons. The quantitative estimate of drug-likeness (QED) is 0.660. The van der Waals surface area contributed by atoms with Gasteiger partial charge in [0.25, 0.3) is 5.91 Å².